The Morgan fingerprint density at radius 1 is 1.04 bits per heavy atom. The van der Waals surface area contributed by atoms with Crippen LogP contribution in [-0.2, 0) is 12.8 Å². The van der Waals surface area contributed by atoms with Crippen LogP contribution in [0.2, 0.25) is 0 Å². The average Bonchev–Trinajstić information content (AvgIpc) is 3.06. The van der Waals surface area contributed by atoms with Crippen molar-refractivity contribution in [2.45, 2.75) is 32.6 Å². The third kappa shape index (κ3) is 3.71. The van der Waals surface area contributed by atoms with Crippen LogP contribution < -0.4 is 5.32 Å². The zero-order chi connectivity index (χ0) is 19.7. The van der Waals surface area contributed by atoms with Crippen molar-refractivity contribution in [3.63, 3.8) is 0 Å². The minimum absolute atomic E-state index is 0.0765. The molecule has 2 amide bonds. The molecular weight excluding hydrogens is 370 g/mol. The number of benzene rings is 1. The normalized spacial score (nSPS) is 17.3. The molecule has 2 aliphatic rings. The zero-order valence-electron chi connectivity index (χ0n) is 16.6. The van der Waals surface area contributed by atoms with Crippen LogP contribution in [0.4, 0.5) is 5.00 Å². The van der Waals surface area contributed by atoms with Crippen molar-refractivity contribution in [2.24, 2.45) is 0 Å². The first-order chi connectivity index (χ1) is 13.5. The van der Waals surface area contributed by atoms with E-state index < -0.39 is 0 Å². The number of aryl methyl sites for hydroxylation is 2. The van der Waals surface area contributed by atoms with Gasteiger partial charge in [0.05, 0.1) is 5.56 Å². The van der Waals surface area contributed by atoms with Gasteiger partial charge in [0.25, 0.3) is 11.8 Å². The van der Waals surface area contributed by atoms with Crippen LogP contribution in [0, 0.1) is 6.92 Å². The smallest absolute Gasteiger partial charge is 0.257 e. The van der Waals surface area contributed by atoms with Crippen molar-refractivity contribution in [3.8, 4) is 0 Å². The lowest BCUT2D eigenvalue weighted by Gasteiger charge is -2.33. The molecule has 1 aliphatic heterocycles. The van der Waals surface area contributed by atoms with Gasteiger partial charge in [-0.3, -0.25) is 9.59 Å². The van der Waals surface area contributed by atoms with Gasteiger partial charge in [0.1, 0.15) is 5.00 Å². The molecule has 1 aromatic heterocycles. The van der Waals surface area contributed by atoms with Crippen LogP contribution >= 0.6 is 11.3 Å². The molecule has 1 N–H and O–H groups in total. The summed E-state index contributed by atoms with van der Waals surface area (Å²) in [5.41, 5.74) is 3.51. The van der Waals surface area contributed by atoms with Gasteiger partial charge in [-0.15, -0.1) is 11.3 Å². The summed E-state index contributed by atoms with van der Waals surface area (Å²) in [6.07, 6.45) is 4.20. The number of nitrogens with one attached hydrogen (secondary N) is 1. The monoisotopic (exact) mass is 397 g/mol. The van der Waals surface area contributed by atoms with Gasteiger partial charge in [-0.25, -0.2) is 0 Å². The first-order valence-electron chi connectivity index (χ1n) is 10.0. The summed E-state index contributed by atoms with van der Waals surface area (Å²) >= 11 is 1.59. The maximum absolute atomic E-state index is 13.4. The number of carbonyl (C=O) groups excluding carboxylic acids is 2. The fourth-order valence-electron chi connectivity index (χ4n) is 4.05. The van der Waals surface area contributed by atoms with Crippen molar-refractivity contribution in [1.82, 2.24) is 9.80 Å². The molecule has 0 atom stereocenters. The van der Waals surface area contributed by atoms with Crippen LogP contribution in [0.15, 0.2) is 24.3 Å². The SMILES string of the molecule is Cc1ccccc1C(=O)Nc1sc2c(c1C(=O)N1CCN(C)CC1)CCCC2. The van der Waals surface area contributed by atoms with E-state index in [-0.39, 0.29) is 11.8 Å². The number of amides is 2. The second-order valence-corrected chi connectivity index (χ2v) is 8.88. The van der Waals surface area contributed by atoms with Gasteiger partial charge in [0, 0.05) is 36.6 Å². The maximum atomic E-state index is 13.4. The number of nitrogens with zero attached hydrogens (tertiary/aromatic N) is 2. The Bertz CT molecular complexity index is 897. The van der Waals surface area contributed by atoms with Gasteiger partial charge < -0.3 is 15.1 Å². The number of thiophene rings is 1. The Morgan fingerprint density at radius 3 is 2.50 bits per heavy atom. The van der Waals surface area contributed by atoms with Crippen molar-refractivity contribution in [3.05, 3.63) is 51.4 Å². The number of anilines is 1. The standard InChI is InChI=1S/C22H27N3O2S/c1-15-7-3-4-8-16(15)20(26)23-21-19(17-9-5-6-10-18(17)28-21)22(27)25-13-11-24(2)12-14-25/h3-4,7-8H,5-6,9-14H2,1-2H3,(H,23,26). The predicted octanol–water partition coefficient (Wildman–Crippen LogP) is 3.58. The summed E-state index contributed by atoms with van der Waals surface area (Å²) in [5.74, 6) is -0.0586. The molecule has 0 spiro atoms. The highest BCUT2D eigenvalue weighted by Crippen LogP contribution is 2.39. The van der Waals surface area contributed by atoms with Gasteiger partial charge in [0.15, 0.2) is 0 Å². The van der Waals surface area contributed by atoms with E-state index in [1.165, 1.54) is 10.4 Å². The van der Waals surface area contributed by atoms with Crippen LogP contribution in [0.1, 0.15) is 49.6 Å². The van der Waals surface area contributed by atoms with Crippen LogP contribution in [0.3, 0.4) is 0 Å². The lowest BCUT2D eigenvalue weighted by atomic mass is 9.94. The molecular formula is C22H27N3O2S. The number of carbonyl (C=O) groups is 2. The zero-order valence-corrected chi connectivity index (χ0v) is 17.4. The minimum Gasteiger partial charge on any atom is -0.336 e. The summed E-state index contributed by atoms with van der Waals surface area (Å²) in [5, 5.41) is 3.80. The number of likely N-dealkylation sites (N-methyl/N-ethyl adjacent to an activating group) is 1. The molecule has 5 nitrogen and oxygen atoms in total. The first-order valence-corrected chi connectivity index (χ1v) is 10.9. The number of fused-ring (bicyclic) bond motifs is 1. The molecule has 6 heteroatoms. The summed E-state index contributed by atoms with van der Waals surface area (Å²) in [7, 11) is 2.09. The molecule has 1 fully saturated rings. The van der Waals surface area contributed by atoms with E-state index in [2.05, 4.69) is 17.3 Å². The third-order valence-electron chi connectivity index (χ3n) is 5.79. The van der Waals surface area contributed by atoms with Gasteiger partial charge in [-0.05, 0) is 56.8 Å². The quantitative estimate of drug-likeness (QED) is 0.861. The van der Waals surface area contributed by atoms with Gasteiger partial charge >= 0.3 is 0 Å². The second-order valence-electron chi connectivity index (χ2n) is 7.78. The molecule has 148 valence electrons. The molecule has 0 radical (unpaired) electrons. The molecule has 1 saturated heterocycles. The highest BCUT2D eigenvalue weighted by atomic mass is 32.1. The Balaban J connectivity index is 1.65. The van der Waals surface area contributed by atoms with Gasteiger partial charge in [-0.1, -0.05) is 18.2 Å². The Kier molecular flexibility index (Phi) is 5.51. The van der Waals surface area contributed by atoms with E-state index >= 15 is 0 Å². The van der Waals surface area contributed by atoms with E-state index in [9.17, 15) is 9.59 Å². The van der Waals surface area contributed by atoms with E-state index in [1.54, 1.807) is 11.3 Å². The second kappa shape index (κ2) is 8.05. The fourth-order valence-corrected chi connectivity index (χ4v) is 5.32. The molecule has 0 saturated carbocycles. The number of hydrogen-bond acceptors (Lipinski definition) is 4. The van der Waals surface area contributed by atoms with Crippen LogP contribution in [0.5, 0.6) is 0 Å². The number of hydrogen-bond donors (Lipinski definition) is 1. The Labute approximate surface area is 170 Å². The highest BCUT2D eigenvalue weighted by molar-refractivity contribution is 7.17. The average molecular weight is 398 g/mol. The summed E-state index contributed by atoms with van der Waals surface area (Å²) in [6, 6.07) is 7.57. The van der Waals surface area contributed by atoms with E-state index in [1.807, 2.05) is 36.1 Å². The van der Waals surface area contributed by atoms with Crippen LogP contribution in [0.25, 0.3) is 0 Å². The van der Waals surface area contributed by atoms with Gasteiger partial charge in [0.2, 0.25) is 0 Å². The molecule has 28 heavy (non-hydrogen) atoms. The van der Waals surface area contributed by atoms with Crippen molar-refractivity contribution in [2.75, 3.05) is 38.5 Å². The molecule has 2 aromatic rings. The lowest BCUT2D eigenvalue weighted by molar-refractivity contribution is 0.0664. The summed E-state index contributed by atoms with van der Waals surface area (Å²) in [4.78, 5) is 31.8. The van der Waals surface area contributed by atoms with Crippen molar-refractivity contribution < 1.29 is 9.59 Å². The highest BCUT2D eigenvalue weighted by Gasteiger charge is 2.30. The summed E-state index contributed by atoms with van der Waals surface area (Å²) < 4.78 is 0. The third-order valence-corrected chi connectivity index (χ3v) is 7.00. The predicted molar refractivity (Wildman–Crippen MR) is 113 cm³/mol. The molecule has 0 unspecified atom stereocenters. The molecule has 1 aromatic carbocycles. The molecule has 2 heterocycles. The van der Waals surface area contributed by atoms with Crippen LogP contribution in [-0.4, -0.2) is 54.8 Å². The minimum atomic E-state index is -0.135. The van der Waals surface area contributed by atoms with Crippen molar-refractivity contribution in [1.29, 1.82) is 0 Å². The lowest BCUT2D eigenvalue weighted by Crippen LogP contribution is -2.47. The number of piperazine rings is 1. The van der Waals surface area contributed by atoms with E-state index in [0.717, 1.165) is 68.0 Å². The first kappa shape index (κ1) is 19.2. The van der Waals surface area contributed by atoms with E-state index in [0.29, 0.717) is 5.56 Å². The van der Waals surface area contributed by atoms with Gasteiger partial charge in [-0.2, -0.15) is 0 Å². The summed E-state index contributed by atoms with van der Waals surface area (Å²) in [6.45, 7) is 5.20. The number of rotatable bonds is 3. The maximum Gasteiger partial charge on any atom is 0.257 e. The largest absolute Gasteiger partial charge is 0.336 e. The Hall–Kier alpha value is -2.18. The molecule has 0 bridgehead atoms. The topological polar surface area (TPSA) is 52.7 Å². The molecule has 4 rings (SSSR count). The molecule has 1 aliphatic carbocycles. The van der Waals surface area contributed by atoms with Crippen molar-refractivity contribution >= 4 is 28.2 Å². The Morgan fingerprint density at radius 2 is 1.75 bits per heavy atom. The van der Waals surface area contributed by atoms with E-state index in [4.69, 9.17) is 0 Å². The fraction of sp³-hybridized carbons (Fsp3) is 0.455.